The van der Waals surface area contributed by atoms with Crippen molar-refractivity contribution < 1.29 is 4.74 Å². The number of likely N-dealkylation sites (N-methyl/N-ethyl adjacent to an activating group) is 1. The summed E-state index contributed by atoms with van der Waals surface area (Å²) in [7, 11) is 1.92. The highest BCUT2D eigenvalue weighted by Crippen LogP contribution is 2.24. The molecule has 1 heterocycles. The van der Waals surface area contributed by atoms with Gasteiger partial charge in [-0.25, -0.2) is 4.98 Å². The highest BCUT2D eigenvalue weighted by Gasteiger charge is 2.22. The van der Waals surface area contributed by atoms with E-state index in [1.54, 1.807) is 6.20 Å². The van der Waals surface area contributed by atoms with E-state index in [9.17, 15) is 0 Å². The van der Waals surface area contributed by atoms with Gasteiger partial charge in [0.25, 0.3) is 0 Å². The first-order chi connectivity index (χ1) is 7.74. The third-order valence-corrected chi connectivity index (χ3v) is 2.67. The minimum Gasteiger partial charge on any atom is -0.383 e. The van der Waals surface area contributed by atoms with Crippen LogP contribution in [0.25, 0.3) is 0 Å². The lowest BCUT2D eigenvalue weighted by atomic mass is 10.0. The minimum absolute atomic E-state index is 0.0960. The van der Waals surface area contributed by atoms with Crippen LogP contribution in [0.1, 0.15) is 31.9 Å². The van der Waals surface area contributed by atoms with Gasteiger partial charge in [-0.15, -0.1) is 0 Å². The van der Waals surface area contributed by atoms with E-state index in [0.29, 0.717) is 12.4 Å². The van der Waals surface area contributed by atoms with Gasteiger partial charge in [-0.3, -0.25) is 0 Å². The van der Waals surface area contributed by atoms with Crippen molar-refractivity contribution in [3.8, 4) is 0 Å². The summed E-state index contributed by atoms with van der Waals surface area (Å²) in [6, 6.07) is 3.98. The molecule has 0 fully saturated rings. The molecule has 2 unspecified atom stereocenters. The van der Waals surface area contributed by atoms with Crippen LogP contribution in [0.4, 0.5) is 5.82 Å². The zero-order valence-electron chi connectivity index (χ0n) is 10.2. The first kappa shape index (κ1) is 12.9. The number of aromatic nitrogens is 1. The molecule has 0 radical (unpaired) electrons. The van der Waals surface area contributed by atoms with Crippen molar-refractivity contribution in [2.45, 2.75) is 32.4 Å². The molecule has 0 aliphatic heterocycles. The predicted molar refractivity (Wildman–Crippen MR) is 66.2 cm³/mol. The third kappa shape index (κ3) is 2.93. The molecule has 4 heteroatoms. The number of nitrogens with one attached hydrogen (secondary N) is 1. The Balaban J connectivity index is 2.92. The van der Waals surface area contributed by atoms with Gasteiger partial charge in [0.2, 0.25) is 0 Å². The van der Waals surface area contributed by atoms with Crippen molar-refractivity contribution in [2.75, 3.05) is 19.4 Å². The van der Waals surface area contributed by atoms with Crippen LogP contribution in [-0.4, -0.2) is 24.7 Å². The summed E-state index contributed by atoms with van der Waals surface area (Å²) in [5, 5.41) is 3.25. The summed E-state index contributed by atoms with van der Waals surface area (Å²) in [6.07, 6.45) is 2.77. The van der Waals surface area contributed by atoms with Crippen LogP contribution in [0.15, 0.2) is 18.3 Å². The lowest BCUT2D eigenvalue weighted by molar-refractivity contribution is 0.0335. The van der Waals surface area contributed by atoms with E-state index in [1.807, 2.05) is 26.1 Å². The van der Waals surface area contributed by atoms with Gasteiger partial charge in [-0.05, 0) is 26.5 Å². The van der Waals surface area contributed by atoms with Crippen molar-refractivity contribution in [1.82, 2.24) is 10.3 Å². The Hall–Kier alpha value is -1.13. The third-order valence-electron chi connectivity index (χ3n) is 2.67. The smallest absolute Gasteiger partial charge is 0.128 e. The quantitative estimate of drug-likeness (QED) is 0.771. The molecule has 0 aromatic carbocycles. The molecule has 0 saturated heterocycles. The molecule has 0 aliphatic rings. The topological polar surface area (TPSA) is 60.2 Å². The Morgan fingerprint density at radius 1 is 1.50 bits per heavy atom. The molecule has 16 heavy (non-hydrogen) atoms. The van der Waals surface area contributed by atoms with Crippen LogP contribution in [0.3, 0.4) is 0 Å². The zero-order valence-corrected chi connectivity index (χ0v) is 10.2. The molecule has 0 aliphatic carbocycles. The summed E-state index contributed by atoms with van der Waals surface area (Å²) in [5.74, 6) is 0.569. The molecule has 2 atom stereocenters. The summed E-state index contributed by atoms with van der Waals surface area (Å²) in [5.41, 5.74) is 6.88. The molecule has 1 aromatic rings. The average molecular weight is 223 g/mol. The fraction of sp³-hybridized carbons (Fsp3) is 0.583. The molecule has 1 aromatic heterocycles. The molecule has 1 rings (SSSR count). The summed E-state index contributed by atoms with van der Waals surface area (Å²) in [4.78, 5) is 4.11. The van der Waals surface area contributed by atoms with Crippen LogP contribution in [-0.2, 0) is 4.74 Å². The van der Waals surface area contributed by atoms with Crippen LogP contribution in [0.2, 0.25) is 0 Å². The lowest BCUT2D eigenvalue weighted by Gasteiger charge is -2.26. The van der Waals surface area contributed by atoms with E-state index >= 15 is 0 Å². The van der Waals surface area contributed by atoms with Gasteiger partial charge in [0.1, 0.15) is 5.82 Å². The van der Waals surface area contributed by atoms with Crippen molar-refractivity contribution in [3.63, 3.8) is 0 Å². The van der Waals surface area contributed by atoms with Crippen LogP contribution in [0.5, 0.6) is 0 Å². The number of pyridine rings is 1. The van der Waals surface area contributed by atoms with Gasteiger partial charge < -0.3 is 15.8 Å². The van der Waals surface area contributed by atoms with Crippen molar-refractivity contribution in [2.24, 2.45) is 0 Å². The number of nitrogens with two attached hydrogens (primary N) is 1. The minimum atomic E-state index is 0.0960. The molecule has 90 valence electrons. The predicted octanol–water partition coefficient (Wildman–Crippen LogP) is 1.74. The Morgan fingerprint density at radius 3 is 2.75 bits per heavy atom. The Bertz CT molecular complexity index is 317. The number of nitrogens with zero attached hydrogens (tertiary/aromatic N) is 1. The van der Waals surface area contributed by atoms with Gasteiger partial charge in [0, 0.05) is 18.4 Å². The lowest BCUT2D eigenvalue weighted by Crippen LogP contribution is -2.32. The first-order valence-electron chi connectivity index (χ1n) is 5.73. The highest BCUT2D eigenvalue weighted by molar-refractivity contribution is 5.41. The molecule has 0 spiro atoms. The zero-order chi connectivity index (χ0) is 12.0. The maximum atomic E-state index is 5.88. The number of anilines is 1. The van der Waals surface area contributed by atoms with Crippen molar-refractivity contribution in [3.05, 3.63) is 23.9 Å². The standard InChI is InChI=1S/C12H21N3O/c1-4-10(16-5-2)11(14-3)9-7-6-8-15-12(9)13/h6-8,10-11,14H,4-5H2,1-3H3,(H2,13,15). The number of ether oxygens (including phenoxy) is 1. The second-order valence-corrected chi connectivity index (χ2v) is 3.65. The van der Waals surface area contributed by atoms with Gasteiger partial charge in [-0.1, -0.05) is 13.0 Å². The first-order valence-corrected chi connectivity index (χ1v) is 5.73. The Kier molecular flexibility index (Phi) is 5.22. The number of rotatable bonds is 6. The highest BCUT2D eigenvalue weighted by atomic mass is 16.5. The summed E-state index contributed by atoms with van der Waals surface area (Å²) in [6.45, 7) is 4.82. The van der Waals surface area contributed by atoms with Gasteiger partial charge in [0.05, 0.1) is 12.1 Å². The molecular formula is C12H21N3O. The monoisotopic (exact) mass is 223 g/mol. The maximum absolute atomic E-state index is 5.88. The van der Waals surface area contributed by atoms with E-state index in [-0.39, 0.29) is 12.1 Å². The number of hydrogen-bond donors (Lipinski definition) is 2. The molecule has 0 amide bonds. The molecule has 0 saturated carbocycles. The van der Waals surface area contributed by atoms with E-state index in [2.05, 4.69) is 17.2 Å². The molecule has 3 N–H and O–H groups in total. The molecule has 4 nitrogen and oxygen atoms in total. The van der Waals surface area contributed by atoms with Crippen LogP contribution in [0, 0.1) is 0 Å². The fourth-order valence-electron chi connectivity index (χ4n) is 1.90. The summed E-state index contributed by atoms with van der Waals surface area (Å²) >= 11 is 0. The van der Waals surface area contributed by atoms with Crippen molar-refractivity contribution in [1.29, 1.82) is 0 Å². The largest absolute Gasteiger partial charge is 0.383 e. The van der Waals surface area contributed by atoms with Crippen LogP contribution < -0.4 is 11.1 Å². The Labute approximate surface area is 97.2 Å². The number of nitrogen functional groups attached to an aromatic ring is 1. The number of hydrogen-bond acceptors (Lipinski definition) is 4. The maximum Gasteiger partial charge on any atom is 0.128 e. The van der Waals surface area contributed by atoms with Gasteiger partial charge in [-0.2, -0.15) is 0 Å². The summed E-state index contributed by atoms with van der Waals surface area (Å²) < 4.78 is 5.71. The van der Waals surface area contributed by atoms with Gasteiger partial charge in [0.15, 0.2) is 0 Å². The van der Waals surface area contributed by atoms with E-state index in [1.165, 1.54) is 0 Å². The molecule has 0 bridgehead atoms. The molecular weight excluding hydrogens is 202 g/mol. The van der Waals surface area contributed by atoms with E-state index in [0.717, 1.165) is 12.0 Å². The average Bonchev–Trinajstić information content (AvgIpc) is 2.31. The van der Waals surface area contributed by atoms with E-state index < -0.39 is 0 Å². The fourth-order valence-corrected chi connectivity index (χ4v) is 1.90. The van der Waals surface area contributed by atoms with Crippen LogP contribution >= 0.6 is 0 Å². The normalized spacial score (nSPS) is 14.7. The Morgan fingerprint density at radius 2 is 2.25 bits per heavy atom. The van der Waals surface area contributed by atoms with Gasteiger partial charge >= 0.3 is 0 Å². The van der Waals surface area contributed by atoms with Crippen molar-refractivity contribution >= 4 is 5.82 Å². The second-order valence-electron chi connectivity index (χ2n) is 3.65. The van der Waals surface area contributed by atoms with E-state index in [4.69, 9.17) is 10.5 Å². The SMILES string of the molecule is CCOC(CC)C(NC)c1cccnc1N. The second kappa shape index (κ2) is 6.45.